The van der Waals surface area contributed by atoms with E-state index < -0.39 is 5.54 Å². The van der Waals surface area contributed by atoms with Crippen LogP contribution in [-0.2, 0) is 15.0 Å². The summed E-state index contributed by atoms with van der Waals surface area (Å²) in [6.07, 6.45) is 5.24. The van der Waals surface area contributed by atoms with Gasteiger partial charge in [0.15, 0.2) is 0 Å². The Morgan fingerprint density at radius 1 is 0.660 bits per heavy atom. The lowest BCUT2D eigenvalue weighted by Gasteiger charge is -2.37. The number of ether oxygens (including phenoxy) is 3. The van der Waals surface area contributed by atoms with Crippen LogP contribution in [-0.4, -0.2) is 70.4 Å². The summed E-state index contributed by atoms with van der Waals surface area (Å²) in [5.41, 5.74) is 4.69. The van der Waals surface area contributed by atoms with Crippen LogP contribution in [0.15, 0.2) is 116 Å². The van der Waals surface area contributed by atoms with Gasteiger partial charge in [-0.1, -0.05) is 91.0 Å². The zero-order chi connectivity index (χ0) is 31.5. The van der Waals surface area contributed by atoms with Crippen molar-refractivity contribution in [3.05, 3.63) is 132 Å². The van der Waals surface area contributed by atoms with Gasteiger partial charge in [0.1, 0.15) is 17.3 Å². The van der Waals surface area contributed by atoms with Gasteiger partial charge in [-0.25, -0.2) is 19.6 Å². The van der Waals surface area contributed by atoms with Gasteiger partial charge in [-0.15, -0.1) is 0 Å². The number of pyridine rings is 1. The van der Waals surface area contributed by atoms with Gasteiger partial charge < -0.3 is 19.1 Å². The molecule has 0 saturated carbocycles. The molecule has 0 N–H and O–H groups in total. The molecule has 2 aliphatic rings. The van der Waals surface area contributed by atoms with Crippen LogP contribution in [0.1, 0.15) is 29.5 Å². The molecule has 0 unspecified atom stereocenters. The highest BCUT2D eigenvalue weighted by Gasteiger charge is 2.41. The zero-order valence-corrected chi connectivity index (χ0v) is 26.1. The summed E-state index contributed by atoms with van der Waals surface area (Å²) in [4.78, 5) is 16.7. The maximum atomic E-state index is 6.71. The highest BCUT2D eigenvalue weighted by Crippen LogP contribution is 2.45. The van der Waals surface area contributed by atoms with E-state index in [2.05, 4.69) is 106 Å². The van der Waals surface area contributed by atoms with E-state index in [-0.39, 0.29) is 6.10 Å². The second-order valence-corrected chi connectivity index (χ2v) is 11.9. The van der Waals surface area contributed by atoms with Crippen molar-refractivity contribution in [1.82, 2.24) is 24.7 Å². The van der Waals surface area contributed by atoms with Crippen molar-refractivity contribution >= 4 is 16.9 Å². The van der Waals surface area contributed by atoms with E-state index in [1.807, 2.05) is 24.5 Å². The van der Waals surface area contributed by atoms with Gasteiger partial charge in [-0.2, -0.15) is 5.10 Å². The Balaban J connectivity index is 1.43. The summed E-state index contributed by atoms with van der Waals surface area (Å²) in [7, 11) is 0. The number of anilines is 1. The number of benzene rings is 3. The predicted octanol–water partition coefficient (Wildman–Crippen LogP) is 6.12. The third kappa shape index (κ3) is 5.41. The van der Waals surface area contributed by atoms with E-state index in [1.165, 1.54) is 0 Å². The fourth-order valence-corrected chi connectivity index (χ4v) is 6.81. The quantitative estimate of drug-likeness (QED) is 0.187. The van der Waals surface area contributed by atoms with Crippen LogP contribution in [0.2, 0.25) is 0 Å². The minimum atomic E-state index is -0.836. The van der Waals surface area contributed by atoms with Gasteiger partial charge in [0.25, 0.3) is 0 Å². The first-order valence-electron chi connectivity index (χ1n) is 16.3. The van der Waals surface area contributed by atoms with Crippen LogP contribution in [0, 0.1) is 0 Å². The van der Waals surface area contributed by atoms with Crippen molar-refractivity contribution in [3.63, 3.8) is 0 Å². The molecule has 0 bridgehead atoms. The summed E-state index contributed by atoms with van der Waals surface area (Å²) in [6, 6.07) is 35.7. The first-order valence-corrected chi connectivity index (χ1v) is 16.3. The van der Waals surface area contributed by atoms with E-state index in [1.54, 1.807) is 0 Å². The van der Waals surface area contributed by atoms with E-state index in [4.69, 9.17) is 29.3 Å². The number of morpholine rings is 1. The van der Waals surface area contributed by atoms with Crippen molar-refractivity contribution in [2.75, 3.05) is 44.4 Å². The van der Waals surface area contributed by atoms with Gasteiger partial charge >= 0.3 is 0 Å². The van der Waals surface area contributed by atoms with Crippen LogP contribution >= 0.6 is 0 Å². The SMILES string of the molecule is c1ccc(C(c2ccccc2)(c2ccccc2)n2nc(-c3ccnc(N4CCOCC4)n3)c3c(OC4CCOCC4)nccc32)cc1. The van der Waals surface area contributed by atoms with E-state index in [0.717, 1.165) is 53.5 Å². The Labute approximate surface area is 273 Å². The number of fused-ring (bicyclic) bond motifs is 1. The highest BCUT2D eigenvalue weighted by molar-refractivity contribution is 5.97. The predicted molar refractivity (Wildman–Crippen MR) is 181 cm³/mol. The summed E-state index contributed by atoms with van der Waals surface area (Å²) < 4.78 is 20.1. The summed E-state index contributed by atoms with van der Waals surface area (Å²) in [5.74, 6) is 1.20. The molecule has 0 aliphatic carbocycles. The van der Waals surface area contributed by atoms with Crippen LogP contribution in [0.4, 0.5) is 5.95 Å². The van der Waals surface area contributed by atoms with Crippen LogP contribution < -0.4 is 9.64 Å². The standard InChI is InChI=1S/C38H36N6O3/c1-4-10-28(11-5-1)38(29-12-6-2-7-13-29,30-14-8-3-9-15-30)44-33-17-21-39-36(47-31-18-24-45-25-19-31)34(33)35(42-44)32-16-20-40-37(41-32)43-22-26-46-27-23-43/h1-17,20-21,31H,18-19,22-27H2. The monoisotopic (exact) mass is 624 g/mol. The molecule has 9 heteroatoms. The van der Waals surface area contributed by atoms with Gasteiger partial charge in [-0.05, 0) is 28.8 Å². The number of hydrogen-bond donors (Lipinski definition) is 0. The van der Waals surface area contributed by atoms with Gasteiger partial charge in [-0.3, -0.25) is 0 Å². The molecular weight excluding hydrogens is 588 g/mol. The summed E-state index contributed by atoms with van der Waals surface area (Å²) in [5, 5.41) is 6.36. The molecular formula is C38H36N6O3. The van der Waals surface area contributed by atoms with Crippen molar-refractivity contribution in [3.8, 4) is 17.3 Å². The molecule has 3 aromatic carbocycles. The molecule has 0 atom stereocenters. The van der Waals surface area contributed by atoms with E-state index in [9.17, 15) is 0 Å². The van der Waals surface area contributed by atoms with Crippen molar-refractivity contribution < 1.29 is 14.2 Å². The first-order chi connectivity index (χ1) is 23.3. The molecule has 3 aromatic heterocycles. The third-order valence-electron chi connectivity index (χ3n) is 9.08. The number of hydrogen-bond acceptors (Lipinski definition) is 8. The smallest absolute Gasteiger partial charge is 0.226 e. The van der Waals surface area contributed by atoms with E-state index in [0.29, 0.717) is 49.6 Å². The first kappa shape index (κ1) is 29.3. The minimum absolute atomic E-state index is 0.00510. The number of rotatable bonds is 8. The Kier molecular flexibility index (Phi) is 8.07. The van der Waals surface area contributed by atoms with Crippen molar-refractivity contribution in [1.29, 1.82) is 0 Å². The third-order valence-corrected chi connectivity index (χ3v) is 9.08. The lowest BCUT2D eigenvalue weighted by molar-refractivity contribution is 0.0244. The number of nitrogens with zero attached hydrogens (tertiary/aromatic N) is 6. The minimum Gasteiger partial charge on any atom is -0.474 e. The average Bonchev–Trinajstić information content (AvgIpc) is 3.55. The Morgan fingerprint density at radius 2 is 1.23 bits per heavy atom. The molecule has 8 rings (SSSR count). The largest absolute Gasteiger partial charge is 0.474 e. The zero-order valence-electron chi connectivity index (χ0n) is 26.1. The molecule has 5 heterocycles. The normalized spacial score (nSPS) is 16.0. The molecule has 9 nitrogen and oxygen atoms in total. The van der Waals surface area contributed by atoms with E-state index >= 15 is 0 Å². The Hall–Kier alpha value is -5.12. The molecule has 2 aliphatic heterocycles. The molecule has 2 fully saturated rings. The Bertz CT molecular complexity index is 1840. The lowest BCUT2D eigenvalue weighted by atomic mass is 9.77. The highest BCUT2D eigenvalue weighted by atomic mass is 16.5. The van der Waals surface area contributed by atoms with Gasteiger partial charge in [0.2, 0.25) is 11.8 Å². The van der Waals surface area contributed by atoms with Gasteiger partial charge in [0, 0.05) is 38.3 Å². The molecule has 0 amide bonds. The molecule has 6 aromatic rings. The van der Waals surface area contributed by atoms with Gasteiger partial charge in [0.05, 0.1) is 43.0 Å². The van der Waals surface area contributed by atoms with Crippen LogP contribution in [0.25, 0.3) is 22.3 Å². The topological polar surface area (TPSA) is 87.4 Å². The van der Waals surface area contributed by atoms with Crippen molar-refractivity contribution in [2.45, 2.75) is 24.5 Å². The maximum absolute atomic E-state index is 6.71. The maximum Gasteiger partial charge on any atom is 0.226 e. The second kappa shape index (κ2) is 12.9. The fraction of sp³-hybridized carbons (Fsp3) is 0.263. The molecule has 0 spiro atoms. The lowest BCUT2D eigenvalue weighted by Crippen LogP contribution is -2.38. The van der Waals surface area contributed by atoms with Crippen molar-refractivity contribution in [2.24, 2.45) is 0 Å². The fourth-order valence-electron chi connectivity index (χ4n) is 6.81. The molecule has 2 saturated heterocycles. The number of aromatic nitrogens is 5. The second-order valence-electron chi connectivity index (χ2n) is 11.9. The Morgan fingerprint density at radius 3 is 1.85 bits per heavy atom. The molecule has 47 heavy (non-hydrogen) atoms. The summed E-state index contributed by atoms with van der Waals surface area (Å²) >= 11 is 0. The average molecular weight is 625 g/mol. The molecule has 236 valence electrons. The summed E-state index contributed by atoms with van der Waals surface area (Å²) in [6.45, 7) is 4.09. The molecule has 0 radical (unpaired) electrons. The van der Waals surface area contributed by atoms with Crippen LogP contribution in [0.5, 0.6) is 5.88 Å². The van der Waals surface area contributed by atoms with Crippen LogP contribution in [0.3, 0.4) is 0 Å².